The molecule has 0 unspecified atom stereocenters. The van der Waals surface area contributed by atoms with Crippen molar-refractivity contribution in [1.29, 1.82) is 0 Å². The molecule has 0 atom stereocenters. The maximum Gasteiger partial charge on any atom is 0.250 e. The minimum Gasteiger partial charge on any atom is -0.347 e. The van der Waals surface area contributed by atoms with Crippen molar-refractivity contribution in [2.24, 2.45) is 0 Å². The molecule has 2 aromatic carbocycles. The summed E-state index contributed by atoms with van der Waals surface area (Å²) in [6, 6.07) is 15.8. The van der Waals surface area contributed by atoms with Gasteiger partial charge in [0.2, 0.25) is 5.91 Å². The van der Waals surface area contributed by atoms with Gasteiger partial charge in [-0.25, -0.2) is 0 Å². The van der Waals surface area contributed by atoms with E-state index in [-0.39, 0.29) is 11.3 Å². The van der Waals surface area contributed by atoms with Gasteiger partial charge in [0.1, 0.15) is 0 Å². The predicted octanol–water partition coefficient (Wildman–Crippen LogP) is 4.70. The number of likely N-dealkylation sites (N-methyl/N-ethyl adjacent to an activating group) is 1. The Bertz CT molecular complexity index is 778. The molecule has 0 fully saturated rings. The van der Waals surface area contributed by atoms with Crippen LogP contribution in [0.25, 0.3) is 0 Å². The first kappa shape index (κ1) is 15.8. The maximum atomic E-state index is 12.4. The average Bonchev–Trinajstić information content (AvgIpc) is 2.71. The molecular formula is C19H19BrN2O. The number of halogens is 1. The molecule has 1 N–H and O–H groups in total. The lowest BCUT2D eigenvalue weighted by Gasteiger charge is -2.24. The molecule has 0 saturated carbocycles. The third-order valence-corrected chi connectivity index (χ3v) is 4.85. The predicted molar refractivity (Wildman–Crippen MR) is 98.7 cm³/mol. The van der Waals surface area contributed by atoms with Crippen LogP contribution in [0.1, 0.15) is 19.4 Å². The monoisotopic (exact) mass is 370 g/mol. The van der Waals surface area contributed by atoms with Gasteiger partial charge < -0.3 is 10.2 Å². The van der Waals surface area contributed by atoms with Crippen molar-refractivity contribution in [3.63, 3.8) is 0 Å². The summed E-state index contributed by atoms with van der Waals surface area (Å²) in [6.07, 6.45) is 1.70. The summed E-state index contributed by atoms with van der Waals surface area (Å²) in [7, 11) is 2.01. The van der Waals surface area contributed by atoms with E-state index in [0.29, 0.717) is 0 Å². The number of anilines is 2. The Labute approximate surface area is 145 Å². The van der Waals surface area contributed by atoms with Crippen molar-refractivity contribution < 1.29 is 4.79 Å². The van der Waals surface area contributed by atoms with Crippen LogP contribution in [0.5, 0.6) is 0 Å². The maximum absolute atomic E-state index is 12.4. The molecule has 3 rings (SSSR count). The lowest BCUT2D eigenvalue weighted by Crippen LogP contribution is -2.25. The van der Waals surface area contributed by atoms with Crippen LogP contribution < -0.4 is 10.2 Å². The van der Waals surface area contributed by atoms with E-state index in [9.17, 15) is 4.79 Å². The van der Waals surface area contributed by atoms with Crippen LogP contribution in [0.15, 0.2) is 64.8 Å². The molecule has 1 aliphatic rings. The summed E-state index contributed by atoms with van der Waals surface area (Å²) in [5.74, 6) is -0.116. The van der Waals surface area contributed by atoms with Crippen LogP contribution in [0, 0.1) is 0 Å². The topological polar surface area (TPSA) is 32.3 Å². The van der Waals surface area contributed by atoms with Crippen molar-refractivity contribution >= 4 is 33.2 Å². The zero-order chi connectivity index (χ0) is 16.6. The van der Waals surface area contributed by atoms with Gasteiger partial charge >= 0.3 is 0 Å². The molecule has 3 nitrogen and oxygen atoms in total. The summed E-state index contributed by atoms with van der Waals surface area (Å²) in [5, 5.41) is 2.92. The van der Waals surface area contributed by atoms with Crippen molar-refractivity contribution in [3.8, 4) is 0 Å². The number of para-hydroxylation sites is 1. The molecule has 0 bridgehead atoms. The second-order valence-corrected chi connectivity index (χ2v) is 7.14. The van der Waals surface area contributed by atoms with E-state index in [4.69, 9.17) is 0 Å². The molecule has 23 heavy (non-hydrogen) atoms. The molecule has 2 aromatic rings. The first-order valence-electron chi connectivity index (χ1n) is 7.51. The number of carbonyl (C=O) groups excluding carboxylic acids is 1. The van der Waals surface area contributed by atoms with Crippen LogP contribution in [0.2, 0.25) is 0 Å². The van der Waals surface area contributed by atoms with Gasteiger partial charge in [0, 0.05) is 40.1 Å². The molecule has 0 spiro atoms. The van der Waals surface area contributed by atoms with Crippen LogP contribution in [-0.4, -0.2) is 13.0 Å². The first-order valence-corrected chi connectivity index (χ1v) is 8.31. The number of fused-ring (bicyclic) bond motifs is 1. The van der Waals surface area contributed by atoms with E-state index in [1.807, 2.05) is 43.4 Å². The highest BCUT2D eigenvalue weighted by Crippen LogP contribution is 2.46. The number of benzene rings is 2. The van der Waals surface area contributed by atoms with Gasteiger partial charge in [0.25, 0.3) is 0 Å². The number of carbonyl (C=O) groups is 1. The highest BCUT2D eigenvalue weighted by Gasteiger charge is 2.38. The highest BCUT2D eigenvalue weighted by molar-refractivity contribution is 9.10. The summed E-state index contributed by atoms with van der Waals surface area (Å²) in [4.78, 5) is 14.5. The van der Waals surface area contributed by atoms with Crippen molar-refractivity contribution in [2.75, 3.05) is 17.3 Å². The minimum atomic E-state index is -0.192. The zero-order valence-electron chi connectivity index (χ0n) is 13.4. The largest absolute Gasteiger partial charge is 0.347 e. The van der Waals surface area contributed by atoms with E-state index in [1.165, 1.54) is 5.56 Å². The number of nitrogens with zero attached hydrogens (tertiary/aromatic N) is 1. The van der Waals surface area contributed by atoms with Gasteiger partial charge in [-0.3, -0.25) is 4.79 Å². The molecule has 1 aliphatic heterocycles. The number of allylic oxidation sites excluding steroid dienone is 1. The summed E-state index contributed by atoms with van der Waals surface area (Å²) < 4.78 is 0.987. The number of amides is 1. The third-order valence-electron chi connectivity index (χ3n) is 4.32. The fourth-order valence-corrected chi connectivity index (χ4v) is 3.36. The Morgan fingerprint density at radius 2 is 1.78 bits per heavy atom. The lowest BCUT2D eigenvalue weighted by molar-refractivity contribution is -0.112. The summed E-state index contributed by atoms with van der Waals surface area (Å²) in [5.41, 5.74) is 3.98. The standard InChI is InChI=1S/C19H19BrN2O/c1-19(2)15-6-4-5-7-16(15)22(3)17(19)12-18(23)21-14-10-8-13(20)9-11-14/h4-12H,1-3H3,(H,21,23)/b17-12+. The molecule has 4 heteroatoms. The number of rotatable bonds is 2. The van der Waals surface area contributed by atoms with Gasteiger partial charge in [0.15, 0.2) is 0 Å². The molecule has 1 amide bonds. The number of nitrogens with one attached hydrogen (secondary N) is 1. The fourth-order valence-electron chi connectivity index (χ4n) is 3.09. The zero-order valence-corrected chi connectivity index (χ0v) is 15.0. The van der Waals surface area contributed by atoms with Crippen LogP contribution in [-0.2, 0) is 10.2 Å². The molecule has 0 saturated heterocycles. The smallest absolute Gasteiger partial charge is 0.250 e. The number of hydrogen-bond donors (Lipinski definition) is 1. The Balaban J connectivity index is 1.88. The van der Waals surface area contributed by atoms with Crippen molar-refractivity contribution in [1.82, 2.24) is 0 Å². The Morgan fingerprint density at radius 1 is 1.13 bits per heavy atom. The van der Waals surface area contributed by atoms with Gasteiger partial charge in [-0.15, -0.1) is 0 Å². The normalized spacial score (nSPS) is 17.2. The van der Waals surface area contributed by atoms with E-state index >= 15 is 0 Å². The Morgan fingerprint density at radius 3 is 2.43 bits per heavy atom. The average molecular weight is 371 g/mol. The second kappa shape index (κ2) is 5.85. The van der Waals surface area contributed by atoms with E-state index in [1.54, 1.807) is 6.08 Å². The highest BCUT2D eigenvalue weighted by atomic mass is 79.9. The fraction of sp³-hybridized carbons (Fsp3) is 0.211. The molecular weight excluding hydrogens is 352 g/mol. The molecule has 0 aliphatic carbocycles. The minimum absolute atomic E-state index is 0.116. The van der Waals surface area contributed by atoms with E-state index in [0.717, 1.165) is 21.5 Å². The van der Waals surface area contributed by atoms with Gasteiger partial charge in [-0.05, 0) is 35.9 Å². The van der Waals surface area contributed by atoms with Gasteiger partial charge in [0.05, 0.1) is 0 Å². The van der Waals surface area contributed by atoms with Crippen molar-refractivity contribution in [3.05, 3.63) is 70.3 Å². The van der Waals surface area contributed by atoms with E-state index < -0.39 is 0 Å². The SMILES string of the molecule is CN1/C(=C/C(=O)Nc2ccc(Br)cc2)C(C)(C)c2ccccc21. The summed E-state index contributed by atoms with van der Waals surface area (Å²) in [6.45, 7) is 4.29. The molecule has 1 heterocycles. The van der Waals surface area contributed by atoms with Crippen LogP contribution in [0.4, 0.5) is 11.4 Å². The third kappa shape index (κ3) is 2.91. The quantitative estimate of drug-likeness (QED) is 0.777. The molecule has 118 valence electrons. The van der Waals surface area contributed by atoms with Gasteiger partial charge in [-0.2, -0.15) is 0 Å². The first-order chi connectivity index (χ1) is 10.9. The molecule has 0 aromatic heterocycles. The van der Waals surface area contributed by atoms with E-state index in [2.05, 4.69) is 52.1 Å². The number of hydrogen-bond acceptors (Lipinski definition) is 2. The summed E-state index contributed by atoms with van der Waals surface area (Å²) >= 11 is 3.39. The Hall–Kier alpha value is -2.07. The molecule has 0 radical (unpaired) electrons. The van der Waals surface area contributed by atoms with Crippen molar-refractivity contribution in [2.45, 2.75) is 19.3 Å². The van der Waals surface area contributed by atoms with Crippen LogP contribution in [0.3, 0.4) is 0 Å². The second-order valence-electron chi connectivity index (χ2n) is 6.23. The Kier molecular flexibility index (Phi) is 4.02. The lowest BCUT2D eigenvalue weighted by atomic mass is 9.84. The van der Waals surface area contributed by atoms with Crippen LogP contribution >= 0.6 is 15.9 Å². The van der Waals surface area contributed by atoms with Gasteiger partial charge in [-0.1, -0.05) is 48.0 Å².